The SMILES string of the molecule is COc1cc2nc(N3CCN(C(=O)c4cn(CCOCCOCC(=O)Nc5cccc6c5C(=O)N(C5CCC(=O)NC5=O)C6=O)nn4)CC3)nc(N)c2cc1OC. The first-order valence-corrected chi connectivity index (χ1v) is 18.0. The molecule has 21 heteroatoms. The Morgan fingerprint density at radius 3 is 2.46 bits per heavy atom. The van der Waals surface area contributed by atoms with E-state index in [0.717, 1.165) is 4.90 Å². The lowest BCUT2D eigenvalue weighted by molar-refractivity contribution is -0.136. The van der Waals surface area contributed by atoms with Crippen molar-refractivity contribution in [3.05, 3.63) is 53.3 Å². The largest absolute Gasteiger partial charge is 0.493 e. The Labute approximate surface area is 324 Å². The van der Waals surface area contributed by atoms with E-state index >= 15 is 0 Å². The van der Waals surface area contributed by atoms with Crippen LogP contribution in [0.25, 0.3) is 10.9 Å². The highest BCUT2D eigenvalue weighted by molar-refractivity contribution is 6.26. The quantitative estimate of drug-likeness (QED) is 0.111. The van der Waals surface area contributed by atoms with Crippen LogP contribution in [0.5, 0.6) is 11.5 Å². The smallest absolute Gasteiger partial charge is 0.276 e. The summed E-state index contributed by atoms with van der Waals surface area (Å²) in [6.45, 7) is 2.20. The molecule has 21 nitrogen and oxygen atoms in total. The third-order valence-corrected chi connectivity index (χ3v) is 9.64. The molecule has 3 aliphatic rings. The molecule has 2 aromatic carbocycles. The van der Waals surface area contributed by atoms with Gasteiger partial charge in [0, 0.05) is 44.1 Å². The van der Waals surface area contributed by atoms with Crippen molar-refractivity contribution in [1.29, 1.82) is 0 Å². The Bertz CT molecular complexity index is 2250. The number of ether oxygens (including phenoxy) is 4. The third-order valence-electron chi connectivity index (χ3n) is 9.64. The number of benzene rings is 2. The average Bonchev–Trinajstić information content (AvgIpc) is 3.78. The number of nitrogens with zero attached hydrogens (tertiary/aromatic N) is 8. The number of carbonyl (C=O) groups excluding carboxylic acids is 6. The van der Waals surface area contributed by atoms with Crippen molar-refractivity contribution < 1.29 is 47.7 Å². The van der Waals surface area contributed by atoms with Gasteiger partial charge in [0.1, 0.15) is 18.5 Å². The number of nitrogens with two attached hydrogens (primary N) is 1. The average molecular weight is 786 g/mol. The molecule has 1 unspecified atom stereocenters. The minimum absolute atomic E-state index is 0.00673. The summed E-state index contributed by atoms with van der Waals surface area (Å²) in [5.41, 5.74) is 7.18. The number of anilines is 3. The molecule has 3 aliphatic heterocycles. The number of rotatable bonds is 14. The van der Waals surface area contributed by atoms with Crippen LogP contribution in [0.1, 0.15) is 44.0 Å². The highest BCUT2D eigenvalue weighted by Gasteiger charge is 2.45. The van der Waals surface area contributed by atoms with Gasteiger partial charge in [0.25, 0.3) is 17.7 Å². The molecule has 57 heavy (non-hydrogen) atoms. The standard InChI is InChI=1S/C36H39N11O10/c1-54-26-16-21-23(17-27(26)55-2)39-36(41-31(21)37)45-10-8-44(9-11-45)34(52)24-18-46(43-42-24)12-13-56-14-15-57-19-29(49)38-22-5-3-4-20-30(22)35(53)47(33(20)51)25-6-7-28(48)40-32(25)50/h3-5,16-18,25H,6-15,19H2,1-2H3,(H,38,49)(H2,37,39,41)(H,40,48,50). The zero-order valence-electron chi connectivity index (χ0n) is 31.1. The molecule has 0 aliphatic carbocycles. The van der Waals surface area contributed by atoms with Gasteiger partial charge >= 0.3 is 0 Å². The Morgan fingerprint density at radius 1 is 0.947 bits per heavy atom. The highest BCUT2D eigenvalue weighted by Crippen LogP contribution is 2.35. The molecule has 0 radical (unpaired) electrons. The molecule has 2 saturated heterocycles. The van der Waals surface area contributed by atoms with Gasteiger partial charge in [-0.3, -0.25) is 39.0 Å². The second-order valence-electron chi connectivity index (χ2n) is 13.2. The van der Waals surface area contributed by atoms with Gasteiger partial charge in [-0.05, 0) is 24.6 Å². The Balaban J connectivity index is 0.815. The Hall–Kier alpha value is -6.74. The van der Waals surface area contributed by atoms with Gasteiger partial charge in [-0.25, -0.2) is 9.67 Å². The molecule has 4 N–H and O–H groups in total. The van der Waals surface area contributed by atoms with Gasteiger partial charge in [-0.1, -0.05) is 11.3 Å². The van der Waals surface area contributed by atoms with E-state index < -0.39 is 35.6 Å². The number of nitrogens with one attached hydrogen (secondary N) is 2. The summed E-state index contributed by atoms with van der Waals surface area (Å²) in [7, 11) is 3.09. The van der Waals surface area contributed by atoms with E-state index in [1.807, 2.05) is 4.90 Å². The number of aromatic nitrogens is 5. The predicted octanol–water partition coefficient (Wildman–Crippen LogP) is -0.144. The van der Waals surface area contributed by atoms with Crippen molar-refractivity contribution in [2.24, 2.45) is 0 Å². The summed E-state index contributed by atoms with van der Waals surface area (Å²) in [5.74, 6) is -1.64. The number of hydrogen-bond acceptors (Lipinski definition) is 16. The topological polar surface area (TPSA) is 256 Å². The van der Waals surface area contributed by atoms with Crippen molar-refractivity contribution in [1.82, 2.24) is 40.1 Å². The van der Waals surface area contributed by atoms with E-state index in [4.69, 9.17) is 24.7 Å². The molecule has 1 atom stereocenters. The van der Waals surface area contributed by atoms with Crippen LogP contribution in [-0.2, 0) is 30.4 Å². The van der Waals surface area contributed by atoms with Gasteiger partial charge in [0.15, 0.2) is 17.2 Å². The number of imide groups is 2. The number of carbonyl (C=O) groups is 6. The molecule has 2 fully saturated rings. The minimum Gasteiger partial charge on any atom is -0.493 e. The number of nitrogen functional groups attached to an aromatic ring is 1. The van der Waals surface area contributed by atoms with Crippen molar-refractivity contribution in [2.45, 2.75) is 25.4 Å². The monoisotopic (exact) mass is 785 g/mol. The number of amides is 6. The number of hydrogen-bond donors (Lipinski definition) is 3. The van der Waals surface area contributed by atoms with E-state index in [1.54, 1.807) is 37.4 Å². The fourth-order valence-corrected chi connectivity index (χ4v) is 6.73. The maximum atomic E-state index is 13.2. The zero-order valence-corrected chi connectivity index (χ0v) is 31.1. The van der Waals surface area contributed by atoms with E-state index in [9.17, 15) is 28.8 Å². The fraction of sp³-hybridized carbons (Fsp3) is 0.389. The molecule has 2 aromatic heterocycles. The molecule has 0 saturated carbocycles. The highest BCUT2D eigenvalue weighted by atomic mass is 16.5. The molecular formula is C36H39N11O10. The van der Waals surface area contributed by atoms with E-state index in [1.165, 1.54) is 22.9 Å². The summed E-state index contributed by atoms with van der Waals surface area (Å²) >= 11 is 0. The van der Waals surface area contributed by atoms with Crippen molar-refractivity contribution in [3.63, 3.8) is 0 Å². The van der Waals surface area contributed by atoms with E-state index in [-0.39, 0.29) is 67.7 Å². The first-order chi connectivity index (χ1) is 27.6. The molecule has 5 heterocycles. The maximum Gasteiger partial charge on any atom is 0.276 e. The van der Waals surface area contributed by atoms with Gasteiger partial charge in [-0.2, -0.15) is 4.98 Å². The molecule has 6 amide bonds. The summed E-state index contributed by atoms with van der Waals surface area (Å²) in [5, 5.41) is 13.5. The molecule has 7 rings (SSSR count). The summed E-state index contributed by atoms with van der Waals surface area (Å²) in [6.07, 6.45) is 1.56. The number of methoxy groups -OCH3 is 2. The fourth-order valence-electron chi connectivity index (χ4n) is 6.73. The van der Waals surface area contributed by atoms with Crippen LogP contribution in [0.15, 0.2) is 36.5 Å². The van der Waals surface area contributed by atoms with Crippen LogP contribution in [0.4, 0.5) is 17.5 Å². The van der Waals surface area contributed by atoms with Crippen molar-refractivity contribution in [3.8, 4) is 11.5 Å². The van der Waals surface area contributed by atoms with Gasteiger partial charge in [0.2, 0.25) is 23.7 Å². The molecule has 0 bridgehead atoms. The van der Waals surface area contributed by atoms with E-state index in [2.05, 4.69) is 30.9 Å². The van der Waals surface area contributed by atoms with Crippen LogP contribution in [0, 0.1) is 0 Å². The number of fused-ring (bicyclic) bond motifs is 2. The lowest BCUT2D eigenvalue weighted by Crippen LogP contribution is -2.54. The lowest BCUT2D eigenvalue weighted by atomic mass is 10.0. The first kappa shape index (κ1) is 38.5. The second kappa shape index (κ2) is 16.5. The minimum atomic E-state index is -1.12. The Kier molecular flexibility index (Phi) is 11.2. The first-order valence-electron chi connectivity index (χ1n) is 18.0. The van der Waals surface area contributed by atoms with Crippen molar-refractivity contribution >= 4 is 63.8 Å². The summed E-state index contributed by atoms with van der Waals surface area (Å²) < 4.78 is 23.3. The van der Waals surface area contributed by atoms with E-state index in [0.29, 0.717) is 66.9 Å². The molecule has 298 valence electrons. The normalized spacial score (nSPS) is 16.9. The zero-order chi connectivity index (χ0) is 40.2. The van der Waals surface area contributed by atoms with Crippen LogP contribution in [0.3, 0.4) is 0 Å². The van der Waals surface area contributed by atoms with Gasteiger partial charge < -0.3 is 39.8 Å². The summed E-state index contributed by atoms with van der Waals surface area (Å²) in [6, 6.07) is 6.77. The molecule has 0 spiro atoms. The predicted molar refractivity (Wildman–Crippen MR) is 199 cm³/mol. The Morgan fingerprint density at radius 2 is 1.70 bits per heavy atom. The van der Waals surface area contributed by atoms with Crippen LogP contribution in [-0.4, -0.2) is 143 Å². The molecule has 4 aromatic rings. The van der Waals surface area contributed by atoms with Crippen molar-refractivity contribution in [2.75, 3.05) is 82.8 Å². The van der Waals surface area contributed by atoms with Crippen LogP contribution in [0.2, 0.25) is 0 Å². The van der Waals surface area contributed by atoms with Crippen LogP contribution >= 0.6 is 0 Å². The number of piperidine rings is 1. The number of piperazine rings is 1. The van der Waals surface area contributed by atoms with Gasteiger partial charge in [-0.15, -0.1) is 5.10 Å². The molecular weight excluding hydrogens is 746 g/mol. The summed E-state index contributed by atoms with van der Waals surface area (Å²) in [4.78, 5) is 89.6. The lowest BCUT2D eigenvalue weighted by Gasteiger charge is -2.34. The second-order valence-corrected chi connectivity index (χ2v) is 13.2. The van der Waals surface area contributed by atoms with Gasteiger partial charge in [0.05, 0.1) is 69.1 Å². The third kappa shape index (κ3) is 8.00. The van der Waals surface area contributed by atoms with Crippen LogP contribution < -0.4 is 30.7 Å². The maximum absolute atomic E-state index is 13.2.